The molecule has 1 fully saturated rings. The van der Waals surface area contributed by atoms with E-state index in [-0.39, 0.29) is 35.6 Å². The van der Waals surface area contributed by atoms with Gasteiger partial charge in [0.05, 0.1) is 11.5 Å². The quantitative estimate of drug-likeness (QED) is 0.672. The zero-order chi connectivity index (χ0) is 19.6. The molecule has 1 aliphatic rings. The first-order valence-corrected chi connectivity index (χ1v) is 10.7. The first-order chi connectivity index (χ1) is 13.5. The van der Waals surface area contributed by atoms with Crippen molar-refractivity contribution in [3.63, 3.8) is 0 Å². The highest BCUT2D eigenvalue weighted by molar-refractivity contribution is 7.91. The minimum Gasteiger partial charge on any atom is -0.482 e. The second-order valence-corrected chi connectivity index (χ2v) is 8.95. The van der Waals surface area contributed by atoms with E-state index in [1.165, 1.54) is 6.26 Å². The summed E-state index contributed by atoms with van der Waals surface area (Å²) in [7, 11) is -2.96. The number of nitrogens with zero attached hydrogens (tertiary/aromatic N) is 2. The number of pyridine rings is 1. The molecule has 146 valence electrons. The molecule has 1 aromatic carbocycles. The Labute approximate surface area is 161 Å². The van der Waals surface area contributed by atoms with Gasteiger partial charge in [-0.25, -0.2) is 13.4 Å². The van der Waals surface area contributed by atoms with Crippen molar-refractivity contribution in [2.45, 2.75) is 13.0 Å². The molecule has 2 aromatic heterocycles. The van der Waals surface area contributed by atoms with Crippen molar-refractivity contribution in [2.75, 3.05) is 18.1 Å². The van der Waals surface area contributed by atoms with Gasteiger partial charge < -0.3 is 14.5 Å². The van der Waals surface area contributed by atoms with Gasteiger partial charge in [0.25, 0.3) is 5.91 Å². The predicted octanol–water partition coefficient (Wildman–Crippen LogP) is 1.97. The number of hydrogen-bond acceptors (Lipinski definition) is 7. The van der Waals surface area contributed by atoms with E-state index in [4.69, 9.17) is 9.15 Å². The second-order valence-electron chi connectivity index (χ2n) is 6.73. The van der Waals surface area contributed by atoms with Gasteiger partial charge in [-0.05, 0) is 24.5 Å². The lowest BCUT2D eigenvalue weighted by atomic mass is 10.1. The Kier molecular flexibility index (Phi) is 4.99. The van der Waals surface area contributed by atoms with Crippen LogP contribution in [-0.2, 0) is 16.4 Å². The molecule has 3 aromatic rings. The van der Waals surface area contributed by atoms with E-state index >= 15 is 0 Å². The molecule has 1 atom stereocenters. The van der Waals surface area contributed by atoms with E-state index in [0.29, 0.717) is 18.7 Å². The van der Waals surface area contributed by atoms with Crippen LogP contribution in [0.2, 0.25) is 0 Å². The van der Waals surface area contributed by atoms with Crippen molar-refractivity contribution >= 4 is 26.6 Å². The fourth-order valence-electron chi connectivity index (χ4n) is 3.17. The minimum absolute atomic E-state index is 0.0532. The van der Waals surface area contributed by atoms with Gasteiger partial charge >= 0.3 is 0 Å². The SMILES string of the molecule is O=C(NC[C@H]1CCS(=O)(=O)C1)c1coc(COc2cccc3cccnc23)n1. The first-order valence-electron chi connectivity index (χ1n) is 8.90. The van der Waals surface area contributed by atoms with Crippen molar-refractivity contribution in [3.05, 3.63) is 54.4 Å². The summed E-state index contributed by atoms with van der Waals surface area (Å²) in [5, 5.41) is 3.67. The number of rotatable bonds is 6. The molecule has 0 saturated carbocycles. The van der Waals surface area contributed by atoms with Gasteiger partial charge in [0, 0.05) is 18.1 Å². The number of sulfone groups is 1. The molecule has 1 N–H and O–H groups in total. The molecule has 0 aliphatic carbocycles. The highest BCUT2D eigenvalue weighted by Crippen LogP contribution is 2.23. The number of fused-ring (bicyclic) bond motifs is 1. The third-order valence-corrected chi connectivity index (χ3v) is 6.45. The van der Waals surface area contributed by atoms with Crippen molar-refractivity contribution in [3.8, 4) is 5.75 Å². The maximum atomic E-state index is 12.2. The smallest absolute Gasteiger partial charge is 0.273 e. The molecule has 0 bridgehead atoms. The van der Waals surface area contributed by atoms with Crippen LogP contribution < -0.4 is 10.1 Å². The fraction of sp³-hybridized carbons (Fsp3) is 0.316. The maximum Gasteiger partial charge on any atom is 0.273 e. The number of nitrogens with one attached hydrogen (secondary N) is 1. The first kappa shape index (κ1) is 18.4. The Morgan fingerprint density at radius 3 is 2.96 bits per heavy atom. The van der Waals surface area contributed by atoms with Gasteiger partial charge in [-0.15, -0.1) is 0 Å². The average Bonchev–Trinajstić information content (AvgIpc) is 3.30. The van der Waals surface area contributed by atoms with Crippen LogP contribution in [0.1, 0.15) is 22.8 Å². The highest BCUT2D eigenvalue weighted by atomic mass is 32.2. The molecule has 1 aliphatic heterocycles. The van der Waals surface area contributed by atoms with Crippen LogP contribution in [0.4, 0.5) is 0 Å². The molecule has 0 radical (unpaired) electrons. The largest absolute Gasteiger partial charge is 0.482 e. The molecule has 9 heteroatoms. The van der Waals surface area contributed by atoms with E-state index < -0.39 is 15.7 Å². The summed E-state index contributed by atoms with van der Waals surface area (Å²) < 4.78 is 34.0. The van der Waals surface area contributed by atoms with Gasteiger partial charge in [0.1, 0.15) is 17.5 Å². The molecule has 8 nitrogen and oxygen atoms in total. The highest BCUT2D eigenvalue weighted by Gasteiger charge is 2.28. The summed E-state index contributed by atoms with van der Waals surface area (Å²) in [6, 6.07) is 9.42. The number of carbonyl (C=O) groups excluding carboxylic acids is 1. The van der Waals surface area contributed by atoms with Crippen molar-refractivity contribution in [1.29, 1.82) is 0 Å². The molecule has 0 unspecified atom stereocenters. The number of para-hydroxylation sites is 1. The van der Waals surface area contributed by atoms with Gasteiger partial charge in [-0.2, -0.15) is 0 Å². The number of aromatic nitrogens is 2. The summed E-state index contributed by atoms with van der Waals surface area (Å²) in [6.45, 7) is 0.363. The summed E-state index contributed by atoms with van der Waals surface area (Å²) >= 11 is 0. The number of hydrogen-bond donors (Lipinski definition) is 1. The number of carbonyl (C=O) groups is 1. The number of ether oxygens (including phenoxy) is 1. The third-order valence-electron chi connectivity index (χ3n) is 4.61. The van der Waals surface area contributed by atoms with E-state index in [0.717, 1.165) is 10.9 Å². The van der Waals surface area contributed by atoms with Crippen LogP contribution in [0, 0.1) is 5.92 Å². The molecule has 1 saturated heterocycles. The van der Waals surface area contributed by atoms with Crippen LogP contribution >= 0.6 is 0 Å². The molecular formula is C19H19N3O5S. The van der Waals surface area contributed by atoms with Gasteiger partial charge in [0.2, 0.25) is 5.89 Å². The van der Waals surface area contributed by atoms with Crippen LogP contribution in [0.25, 0.3) is 10.9 Å². The number of oxazole rings is 1. The van der Waals surface area contributed by atoms with E-state index in [1.807, 2.05) is 30.3 Å². The van der Waals surface area contributed by atoms with Gasteiger partial charge in [0.15, 0.2) is 22.1 Å². The normalized spacial score (nSPS) is 18.2. The van der Waals surface area contributed by atoms with Crippen molar-refractivity contribution in [2.24, 2.45) is 5.92 Å². The summed E-state index contributed by atoms with van der Waals surface area (Å²) in [4.78, 5) is 20.6. The lowest BCUT2D eigenvalue weighted by Gasteiger charge is -2.08. The number of amides is 1. The molecule has 1 amide bonds. The molecule has 3 heterocycles. The Morgan fingerprint density at radius 2 is 2.14 bits per heavy atom. The van der Waals surface area contributed by atoms with Crippen LogP contribution in [0.5, 0.6) is 5.75 Å². The van der Waals surface area contributed by atoms with Crippen LogP contribution in [0.15, 0.2) is 47.2 Å². The lowest BCUT2D eigenvalue weighted by molar-refractivity contribution is 0.0943. The predicted molar refractivity (Wildman–Crippen MR) is 102 cm³/mol. The molecule has 4 rings (SSSR count). The van der Waals surface area contributed by atoms with Crippen LogP contribution in [0.3, 0.4) is 0 Å². The Bertz CT molecular complexity index is 1100. The topological polar surface area (TPSA) is 111 Å². The monoisotopic (exact) mass is 401 g/mol. The van der Waals surface area contributed by atoms with Crippen molar-refractivity contribution < 1.29 is 22.4 Å². The third kappa shape index (κ3) is 4.14. The molecule has 0 spiro atoms. The van der Waals surface area contributed by atoms with E-state index in [2.05, 4.69) is 15.3 Å². The molecular weight excluding hydrogens is 382 g/mol. The Morgan fingerprint density at radius 1 is 1.29 bits per heavy atom. The second kappa shape index (κ2) is 7.59. The summed E-state index contributed by atoms with van der Waals surface area (Å²) in [6.07, 6.45) is 3.53. The van der Waals surface area contributed by atoms with Gasteiger partial charge in [-0.3, -0.25) is 9.78 Å². The van der Waals surface area contributed by atoms with Crippen molar-refractivity contribution in [1.82, 2.24) is 15.3 Å². The summed E-state index contributed by atoms with van der Waals surface area (Å²) in [5.74, 6) is 0.714. The van der Waals surface area contributed by atoms with Crippen LogP contribution in [-0.4, -0.2) is 42.3 Å². The standard InChI is InChI=1S/C19H19N3O5S/c23-19(21-9-13-6-8-28(24,25)12-13)15-10-27-17(22-15)11-26-16-5-1-3-14-4-2-7-20-18(14)16/h1-5,7,10,13H,6,8-9,11-12H2,(H,21,23)/t13-/m1/s1. The Hall–Kier alpha value is -2.94. The average molecular weight is 401 g/mol. The maximum absolute atomic E-state index is 12.2. The lowest BCUT2D eigenvalue weighted by Crippen LogP contribution is -2.30. The zero-order valence-corrected chi connectivity index (χ0v) is 15.8. The fourth-order valence-corrected chi connectivity index (χ4v) is 5.04. The van der Waals surface area contributed by atoms with E-state index in [1.54, 1.807) is 6.20 Å². The summed E-state index contributed by atoms with van der Waals surface area (Å²) in [5.41, 5.74) is 0.872. The molecule has 28 heavy (non-hydrogen) atoms. The zero-order valence-electron chi connectivity index (χ0n) is 15.0. The van der Waals surface area contributed by atoms with E-state index in [9.17, 15) is 13.2 Å². The minimum atomic E-state index is -2.96. The Balaban J connectivity index is 1.34. The number of benzene rings is 1. The van der Waals surface area contributed by atoms with Gasteiger partial charge in [-0.1, -0.05) is 18.2 Å².